The summed E-state index contributed by atoms with van der Waals surface area (Å²) >= 11 is 6.04. The highest BCUT2D eigenvalue weighted by atomic mass is 35.5. The predicted molar refractivity (Wildman–Crippen MR) is 131 cm³/mol. The molecule has 190 valence electrons. The number of aldehydes is 1. The first-order chi connectivity index (χ1) is 16.9. The Morgan fingerprint density at radius 2 is 2.00 bits per heavy atom. The van der Waals surface area contributed by atoms with Crippen molar-refractivity contribution in [3.05, 3.63) is 87.9 Å². The van der Waals surface area contributed by atoms with Gasteiger partial charge in [-0.25, -0.2) is 18.4 Å². The molecule has 3 heterocycles. The van der Waals surface area contributed by atoms with Crippen molar-refractivity contribution in [2.75, 3.05) is 11.9 Å². The summed E-state index contributed by atoms with van der Waals surface area (Å²) in [5.74, 6) is -1.16. The average molecular weight is 518 g/mol. The van der Waals surface area contributed by atoms with Gasteiger partial charge in [0.2, 0.25) is 0 Å². The van der Waals surface area contributed by atoms with Gasteiger partial charge in [0.25, 0.3) is 0 Å². The van der Waals surface area contributed by atoms with Crippen molar-refractivity contribution < 1.29 is 23.4 Å². The molecule has 0 saturated carbocycles. The van der Waals surface area contributed by atoms with E-state index in [0.717, 1.165) is 17.4 Å². The average Bonchev–Trinajstić information content (AvgIpc) is 3.33. The largest absolute Gasteiger partial charge is 0.485 e. The Balaban J connectivity index is 1.88. The number of aromatic nitrogens is 4. The summed E-state index contributed by atoms with van der Waals surface area (Å²) in [5, 5.41) is 14.4. The SMILES string of the molecule is C/C(=C/C(OCc1ncc(F)cc1F)=C(/Cl)C=O)N(C)c1cc(-n2ccc(C(C)(C)O)n2)ncc1C. The van der Waals surface area contributed by atoms with E-state index in [1.165, 1.54) is 6.08 Å². The van der Waals surface area contributed by atoms with E-state index in [-0.39, 0.29) is 23.1 Å². The number of anilines is 1. The summed E-state index contributed by atoms with van der Waals surface area (Å²) in [6, 6.07) is 4.22. The molecule has 0 radical (unpaired) electrons. The predicted octanol–water partition coefficient (Wildman–Crippen LogP) is 4.68. The van der Waals surface area contributed by atoms with Crippen molar-refractivity contribution in [1.29, 1.82) is 0 Å². The number of aliphatic hydroxyl groups is 1. The zero-order chi connectivity index (χ0) is 26.6. The van der Waals surface area contributed by atoms with E-state index in [0.29, 0.717) is 29.6 Å². The third-order valence-corrected chi connectivity index (χ3v) is 5.60. The molecule has 0 unspecified atom stereocenters. The number of pyridine rings is 2. The molecule has 3 rings (SSSR count). The van der Waals surface area contributed by atoms with Gasteiger partial charge in [0, 0.05) is 49.0 Å². The molecule has 3 aromatic heterocycles. The van der Waals surface area contributed by atoms with Gasteiger partial charge in [-0.1, -0.05) is 11.6 Å². The van der Waals surface area contributed by atoms with Gasteiger partial charge in [0.15, 0.2) is 17.9 Å². The summed E-state index contributed by atoms with van der Waals surface area (Å²) in [6.07, 6.45) is 6.20. The fourth-order valence-corrected chi connectivity index (χ4v) is 3.29. The Labute approximate surface area is 212 Å². The van der Waals surface area contributed by atoms with Crippen LogP contribution < -0.4 is 4.90 Å². The maximum atomic E-state index is 13.9. The van der Waals surface area contributed by atoms with Gasteiger partial charge in [0.05, 0.1) is 11.9 Å². The van der Waals surface area contributed by atoms with Crippen LogP contribution in [0.1, 0.15) is 37.7 Å². The summed E-state index contributed by atoms with van der Waals surface area (Å²) in [4.78, 5) is 21.3. The van der Waals surface area contributed by atoms with Gasteiger partial charge >= 0.3 is 0 Å². The van der Waals surface area contributed by atoms with Gasteiger partial charge in [-0.05, 0) is 39.3 Å². The molecule has 0 aliphatic carbocycles. The first-order valence-corrected chi connectivity index (χ1v) is 11.2. The van der Waals surface area contributed by atoms with E-state index in [4.69, 9.17) is 16.3 Å². The number of carbonyl (C=O) groups excluding carboxylic acids is 1. The van der Waals surface area contributed by atoms with E-state index in [2.05, 4.69) is 15.1 Å². The van der Waals surface area contributed by atoms with E-state index in [1.54, 1.807) is 51.0 Å². The Kier molecular flexibility index (Phi) is 8.21. The van der Waals surface area contributed by atoms with E-state index in [1.807, 2.05) is 17.9 Å². The summed E-state index contributed by atoms with van der Waals surface area (Å²) in [5.41, 5.74) is 1.54. The van der Waals surface area contributed by atoms with Crippen molar-refractivity contribution in [3.63, 3.8) is 0 Å². The molecule has 11 heteroatoms. The Morgan fingerprint density at radius 3 is 2.61 bits per heavy atom. The third-order valence-electron chi connectivity index (χ3n) is 5.33. The highest BCUT2D eigenvalue weighted by molar-refractivity contribution is 6.39. The first kappa shape index (κ1) is 27.0. The van der Waals surface area contributed by atoms with Crippen LogP contribution in [-0.2, 0) is 21.7 Å². The van der Waals surface area contributed by atoms with Crippen LogP contribution in [0.15, 0.2) is 59.4 Å². The second-order valence-corrected chi connectivity index (χ2v) is 8.99. The minimum absolute atomic E-state index is 0.00429. The number of hydrogen-bond donors (Lipinski definition) is 1. The minimum Gasteiger partial charge on any atom is -0.485 e. The fourth-order valence-electron chi connectivity index (χ4n) is 3.18. The lowest BCUT2D eigenvalue weighted by Crippen LogP contribution is -2.18. The molecule has 0 saturated heterocycles. The summed E-state index contributed by atoms with van der Waals surface area (Å²) in [6.45, 7) is 6.59. The Morgan fingerprint density at radius 1 is 1.28 bits per heavy atom. The zero-order valence-corrected chi connectivity index (χ0v) is 21.2. The van der Waals surface area contributed by atoms with Crippen molar-refractivity contribution in [1.82, 2.24) is 19.7 Å². The lowest BCUT2D eigenvalue weighted by molar-refractivity contribution is -0.104. The number of carbonyl (C=O) groups is 1. The standard InChI is InChI=1S/C25H26ClF2N5O3/c1-15-11-30-24(33-7-6-23(31-33)25(3,4)35)10-21(15)32(5)16(2)8-22(18(26)13-34)36-14-20-19(28)9-17(27)12-29-20/h6-13,35H,14H2,1-5H3/b16-8-,22-18-. The molecule has 0 aliphatic heterocycles. The van der Waals surface area contributed by atoms with E-state index in [9.17, 15) is 18.7 Å². The normalized spacial score (nSPS) is 12.9. The molecule has 1 N–H and O–H groups in total. The fraction of sp³-hybridized carbons (Fsp3) is 0.280. The summed E-state index contributed by atoms with van der Waals surface area (Å²) in [7, 11) is 1.80. The molecule has 0 amide bonds. The molecule has 8 nitrogen and oxygen atoms in total. The van der Waals surface area contributed by atoms with Gasteiger partial charge < -0.3 is 14.7 Å². The smallest absolute Gasteiger partial charge is 0.165 e. The zero-order valence-electron chi connectivity index (χ0n) is 20.5. The molecule has 0 atom stereocenters. The van der Waals surface area contributed by atoms with Crippen LogP contribution in [0, 0.1) is 18.6 Å². The molecule has 3 aromatic rings. The molecule has 36 heavy (non-hydrogen) atoms. The quantitative estimate of drug-likeness (QED) is 0.190. The highest BCUT2D eigenvalue weighted by Gasteiger charge is 2.20. The van der Waals surface area contributed by atoms with Crippen molar-refractivity contribution in [3.8, 4) is 5.82 Å². The molecule has 0 spiro atoms. The lowest BCUT2D eigenvalue weighted by Gasteiger charge is -2.23. The topological polar surface area (TPSA) is 93.4 Å². The molecule has 0 fully saturated rings. The lowest BCUT2D eigenvalue weighted by atomic mass is 10.1. The minimum atomic E-state index is -1.10. The van der Waals surface area contributed by atoms with Crippen LogP contribution >= 0.6 is 11.6 Å². The van der Waals surface area contributed by atoms with Crippen LogP contribution in [0.3, 0.4) is 0 Å². The van der Waals surface area contributed by atoms with Crippen molar-refractivity contribution in [2.24, 2.45) is 0 Å². The maximum Gasteiger partial charge on any atom is 0.165 e. The van der Waals surface area contributed by atoms with Crippen LogP contribution in [-0.4, -0.2) is 38.2 Å². The van der Waals surface area contributed by atoms with Crippen LogP contribution in [0.5, 0.6) is 0 Å². The number of nitrogens with zero attached hydrogens (tertiary/aromatic N) is 5. The first-order valence-electron chi connectivity index (χ1n) is 10.9. The monoisotopic (exact) mass is 517 g/mol. The number of halogens is 3. The summed E-state index contributed by atoms with van der Waals surface area (Å²) < 4.78 is 34.2. The third kappa shape index (κ3) is 6.32. The van der Waals surface area contributed by atoms with Crippen molar-refractivity contribution >= 4 is 23.6 Å². The van der Waals surface area contributed by atoms with Gasteiger partial charge in [-0.2, -0.15) is 5.10 Å². The van der Waals surface area contributed by atoms with Crippen molar-refractivity contribution in [2.45, 2.75) is 39.9 Å². The second-order valence-electron chi connectivity index (χ2n) is 8.58. The molecule has 0 bridgehead atoms. The Bertz CT molecular complexity index is 1330. The van der Waals surface area contributed by atoms with Crippen LogP contribution in [0.25, 0.3) is 5.82 Å². The van der Waals surface area contributed by atoms with Crippen LogP contribution in [0.2, 0.25) is 0 Å². The van der Waals surface area contributed by atoms with E-state index >= 15 is 0 Å². The highest BCUT2D eigenvalue weighted by Crippen LogP contribution is 2.26. The molecule has 0 aliphatic rings. The van der Waals surface area contributed by atoms with Crippen LogP contribution in [0.4, 0.5) is 14.5 Å². The number of ether oxygens (including phenoxy) is 1. The molecular weight excluding hydrogens is 492 g/mol. The number of hydrogen-bond acceptors (Lipinski definition) is 7. The van der Waals surface area contributed by atoms with Gasteiger partial charge in [0.1, 0.15) is 34.5 Å². The molecular formula is C25H26ClF2N5O3. The van der Waals surface area contributed by atoms with E-state index < -0.39 is 17.2 Å². The van der Waals surface area contributed by atoms with Gasteiger partial charge in [-0.3, -0.25) is 9.78 Å². The maximum absolute atomic E-state index is 13.9. The number of allylic oxidation sites excluding steroid dienone is 3. The van der Waals surface area contributed by atoms with Gasteiger partial charge in [-0.15, -0.1) is 0 Å². The Hall–Kier alpha value is -3.63. The second kappa shape index (κ2) is 11.0. The number of aryl methyl sites for hydroxylation is 1. The number of rotatable bonds is 9. The molecule has 0 aromatic carbocycles.